The average Bonchev–Trinajstić information content (AvgIpc) is 2.80. The highest BCUT2D eigenvalue weighted by Gasteiger charge is 2.36. The first-order valence-electron chi connectivity index (χ1n) is 9.64. The Hall–Kier alpha value is -1.46. The molecule has 2 atom stereocenters. The van der Waals surface area contributed by atoms with Gasteiger partial charge in [-0.25, -0.2) is 0 Å². The third-order valence-corrected chi connectivity index (χ3v) is 5.62. The summed E-state index contributed by atoms with van der Waals surface area (Å²) in [6.45, 7) is 8.74. The molecule has 1 amide bonds. The van der Waals surface area contributed by atoms with E-state index in [0.29, 0.717) is 12.5 Å². The molecule has 1 aromatic heterocycles. The molecule has 0 bridgehead atoms. The van der Waals surface area contributed by atoms with Crippen molar-refractivity contribution in [2.24, 2.45) is 11.8 Å². The van der Waals surface area contributed by atoms with Gasteiger partial charge in [0.05, 0.1) is 0 Å². The Bertz CT molecular complexity index is 576. The lowest BCUT2D eigenvalue weighted by Crippen LogP contribution is -2.35. The van der Waals surface area contributed by atoms with Crippen LogP contribution in [0, 0.1) is 25.7 Å². The lowest BCUT2D eigenvalue weighted by molar-refractivity contribution is 0.0778. The zero-order valence-corrected chi connectivity index (χ0v) is 15.6. The lowest BCUT2D eigenvalue weighted by Gasteiger charge is -2.26. The molecule has 5 heteroatoms. The topological polar surface area (TPSA) is 56.7 Å². The highest BCUT2D eigenvalue weighted by molar-refractivity contribution is 5.94. The predicted molar refractivity (Wildman–Crippen MR) is 98.6 cm³/mol. The predicted octanol–water partition coefficient (Wildman–Crippen LogP) is 2.25. The van der Waals surface area contributed by atoms with Gasteiger partial charge in [0.15, 0.2) is 0 Å². The molecule has 5 nitrogen and oxygen atoms in total. The van der Waals surface area contributed by atoms with Crippen molar-refractivity contribution in [2.45, 2.75) is 39.5 Å². The zero-order valence-electron chi connectivity index (χ0n) is 15.6. The van der Waals surface area contributed by atoms with E-state index in [4.69, 9.17) is 0 Å². The van der Waals surface area contributed by atoms with Gasteiger partial charge in [-0.2, -0.15) is 0 Å². The minimum atomic E-state index is 0.0745. The summed E-state index contributed by atoms with van der Waals surface area (Å²) in [7, 11) is 0. The molecule has 138 valence electrons. The van der Waals surface area contributed by atoms with Crippen LogP contribution in [-0.4, -0.2) is 65.1 Å². The molecular weight excluding hydrogens is 314 g/mol. The Labute approximate surface area is 151 Å². The number of likely N-dealkylation sites (tertiary alicyclic amines) is 2. The van der Waals surface area contributed by atoms with Crippen molar-refractivity contribution in [3.63, 3.8) is 0 Å². The summed E-state index contributed by atoms with van der Waals surface area (Å²) in [5, 5.41) is 9.81. The number of rotatable bonds is 4. The van der Waals surface area contributed by atoms with Gasteiger partial charge in [-0.05, 0) is 57.8 Å². The maximum Gasteiger partial charge on any atom is 0.254 e. The van der Waals surface area contributed by atoms with Gasteiger partial charge in [0.1, 0.15) is 0 Å². The van der Waals surface area contributed by atoms with Crippen molar-refractivity contribution in [3.8, 4) is 0 Å². The summed E-state index contributed by atoms with van der Waals surface area (Å²) in [5.74, 6) is 0.637. The third kappa shape index (κ3) is 4.59. The largest absolute Gasteiger partial charge is 0.396 e. The van der Waals surface area contributed by atoms with E-state index in [9.17, 15) is 9.90 Å². The van der Waals surface area contributed by atoms with E-state index in [0.717, 1.165) is 43.1 Å². The van der Waals surface area contributed by atoms with Crippen LogP contribution < -0.4 is 0 Å². The molecular formula is C20H31N3O2. The Morgan fingerprint density at radius 1 is 1.08 bits per heavy atom. The number of aromatic nitrogens is 1. The van der Waals surface area contributed by atoms with E-state index in [1.54, 1.807) is 0 Å². The van der Waals surface area contributed by atoms with Gasteiger partial charge in [-0.1, -0.05) is 12.8 Å². The molecule has 25 heavy (non-hydrogen) atoms. The number of hydrogen-bond donors (Lipinski definition) is 1. The van der Waals surface area contributed by atoms with Crippen LogP contribution in [0.4, 0.5) is 0 Å². The van der Waals surface area contributed by atoms with Crippen LogP contribution in [0.5, 0.6) is 0 Å². The number of amides is 1. The number of aliphatic hydroxyl groups is 1. The minimum Gasteiger partial charge on any atom is -0.396 e. The number of pyridine rings is 1. The number of carbonyl (C=O) groups is 1. The first kappa shape index (κ1) is 18.3. The monoisotopic (exact) mass is 345 g/mol. The quantitative estimate of drug-likeness (QED) is 0.909. The highest BCUT2D eigenvalue weighted by Crippen LogP contribution is 2.26. The zero-order chi connectivity index (χ0) is 17.8. The first-order chi connectivity index (χ1) is 12.1. The minimum absolute atomic E-state index is 0.0745. The number of aryl methyl sites for hydroxylation is 2. The van der Waals surface area contributed by atoms with Crippen LogP contribution in [0.2, 0.25) is 0 Å². The lowest BCUT2D eigenvalue weighted by atomic mass is 9.96. The summed E-state index contributed by atoms with van der Waals surface area (Å²) < 4.78 is 0. The fourth-order valence-electron chi connectivity index (χ4n) is 4.31. The van der Waals surface area contributed by atoms with Gasteiger partial charge in [0.25, 0.3) is 5.91 Å². The van der Waals surface area contributed by atoms with Crippen LogP contribution in [0.1, 0.15) is 47.4 Å². The summed E-state index contributed by atoms with van der Waals surface area (Å²) in [6.07, 6.45) is 5.20. The van der Waals surface area contributed by atoms with Gasteiger partial charge in [-0.3, -0.25) is 9.78 Å². The molecule has 3 rings (SSSR count). The number of carbonyl (C=O) groups excluding carboxylic acids is 1. The van der Waals surface area contributed by atoms with E-state index in [2.05, 4.69) is 9.88 Å². The standard InChI is InChI=1S/C20H31N3O2/c1-15-9-17(10-16(2)21-15)20(25)23-12-18(19(13-23)14-24)11-22-7-5-3-4-6-8-22/h9-10,18-19,24H,3-8,11-14H2,1-2H3/t18-,19-/m1/s1. The Morgan fingerprint density at radius 3 is 2.28 bits per heavy atom. The molecule has 0 saturated carbocycles. The molecule has 3 heterocycles. The Morgan fingerprint density at radius 2 is 1.68 bits per heavy atom. The van der Waals surface area contributed by atoms with Crippen molar-refractivity contribution in [1.82, 2.24) is 14.8 Å². The van der Waals surface area contributed by atoms with Gasteiger partial charge >= 0.3 is 0 Å². The second kappa shape index (κ2) is 8.28. The molecule has 0 unspecified atom stereocenters. The van der Waals surface area contributed by atoms with E-state index < -0.39 is 0 Å². The summed E-state index contributed by atoms with van der Waals surface area (Å²) >= 11 is 0. The average molecular weight is 345 g/mol. The molecule has 1 aromatic rings. The highest BCUT2D eigenvalue weighted by atomic mass is 16.3. The van der Waals surface area contributed by atoms with E-state index >= 15 is 0 Å². The van der Waals surface area contributed by atoms with E-state index in [1.807, 2.05) is 30.9 Å². The van der Waals surface area contributed by atoms with Gasteiger partial charge in [0.2, 0.25) is 0 Å². The van der Waals surface area contributed by atoms with Crippen molar-refractivity contribution >= 4 is 5.91 Å². The molecule has 0 spiro atoms. The van der Waals surface area contributed by atoms with E-state index in [1.165, 1.54) is 25.7 Å². The molecule has 0 radical (unpaired) electrons. The van der Waals surface area contributed by atoms with Gasteiger partial charge in [-0.15, -0.1) is 0 Å². The molecule has 0 aromatic carbocycles. The van der Waals surface area contributed by atoms with Gasteiger partial charge < -0.3 is 14.9 Å². The Kier molecular flexibility index (Phi) is 6.07. The second-order valence-corrected chi connectivity index (χ2v) is 7.77. The van der Waals surface area contributed by atoms with Crippen LogP contribution in [0.25, 0.3) is 0 Å². The van der Waals surface area contributed by atoms with Crippen LogP contribution in [0.3, 0.4) is 0 Å². The van der Waals surface area contributed by atoms with Gasteiger partial charge in [0, 0.05) is 49.1 Å². The first-order valence-corrected chi connectivity index (χ1v) is 9.64. The number of aliphatic hydroxyl groups excluding tert-OH is 1. The SMILES string of the molecule is Cc1cc(C(=O)N2C[C@@H](CN3CCCCCC3)[C@@H](CO)C2)cc(C)n1. The summed E-state index contributed by atoms with van der Waals surface area (Å²) in [6, 6.07) is 3.73. The molecule has 2 fully saturated rings. The fraction of sp³-hybridized carbons (Fsp3) is 0.700. The van der Waals surface area contributed by atoms with E-state index in [-0.39, 0.29) is 18.4 Å². The third-order valence-electron chi connectivity index (χ3n) is 5.62. The summed E-state index contributed by atoms with van der Waals surface area (Å²) in [5.41, 5.74) is 2.47. The maximum absolute atomic E-state index is 12.9. The molecule has 0 aliphatic carbocycles. The second-order valence-electron chi connectivity index (χ2n) is 7.77. The Balaban J connectivity index is 1.66. The normalized spacial score (nSPS) is 25.2. The molecule has 2 aliphatic heterocycles. The van der Waals surface area contributed by atoms with Crippen LogP contribution >= 0.6 is 0 Å². The van der Waals surface area contributed by atoms with Crippen molar-refractivity contribution < 1.29 is 9.90 Å². The van der Waals surface area contributed by atoms with Crippen LogP contribution in [-0.2, 0) is 0 Å². The van der Waals surface area contributed by atoms with Crippen LogP contribution in [0.15, 0.2) is 12.1 Å². The van der Waals surface area contributed by atoms with Crippen molar-refractivity contribution in [1.29, 1.82) is 0 Å². The fourth-order valence-corrected chi connectivity index (χ4v) is 4.31. The number of hydrogen-bond acceptors (Lipinski definition) is 4. The molecule has 2 saturated heterocycles. The summed E-state index contributed by atoms with van der Waals surface area (Å²) in [4.78, 5) is 21.7. The van der Waals surface area contributed by atoms with Crippen molar-refractivity contribution in [2.75, 3.05) is 39.3 Å². The van der Waals surface area contributed by atoms with Crippen molar-refractivity contribution in [3.05, 3.63) is 29.1 Å². The molecule has 1 N–H and O–H groups in total. The smallest absolute Gasteiger partial charge is 0.254 e. The molecule has 2 aliphatic rings. The maximum atomic E-state index is 12.9. The number of nitrogens with zero attached hydrogens (tertiary/aromatic N) is 3.